The van der Waals surface area contributed by atoms with Crippen molar-refractivity contribution in [2.24, 2.45) is 5.16 Å². The fraction of sp³-hybridized carbons (Fsp3) is 0.909. The fourth-order valence-corrected chi connectivity index (χ4v) is 1.84. The van der Waals surface area contributed by atoms with Crippen molar-refractivity contribution in [2.45, 2.75) is 32.0 Å². The number of hydrogen-bond acceptors (Lipinski definition) is 4. The maximum atomic E-state index is 12.4. The van der Waals surface area contributed by atoms with Gasteiger partial charge in [0.1, 0.15) is 6.10 Å². The second-order valence-corrected chi connectivity index (χ2v) is 4.40. The molecule has 106 valence electrons. The van der Waals surface area contributed by atoms with E-state index in [1.165, 1.54) is 4.90 Å². The van der Waals surface area contributed by atoms with Gasteiger partial charge in [0.25, 0.3) is 0 Å². The molecule has 0 bridgehead atoms. The minimum Gasteiger partial charge on any atom is -0.391 e. The molecular formula is C11H20F3N3O. The van der Waals surface area contributed by atoms with Crippen LogP contribution in [0.2, 0.25) is 0 Å². The van der Waals surface area contributed by atoms with Crippen molar-refractivity contribution in [3.05, 3.63) is 0 Å². The molecule has 1 rings (SSSR count). The van der Waals surface area contributed by atoms with Gasteiger partial charge in [0.15, 0.2) is 0 Å². The molecule has 18 heavy (non-hydrogen) atoms. The van der Waals surface area contributed by atoms with Crippen LogP contribution in [-0.4, -0.2) is 56.1 Å². The summed E-state index contributed by atoms with van der Waals surface area (Å²) < 4.78 is 37.3. The first-order valence-corrected chi connectivity index (χ1v) is 6.10. The van der Waals surface area contributed by atoms with E-state index in [4.69, 9.17) is 4.84 Å². The summed E-state index contributed by atoms with van der Waals surface area (Å²) in [6, 6.07) is 0. The van der Waals surface area contributed by atoms with Crippen LogP contribution in [0, 0.1) is 0 Å². The van der Waals surface area contributed by atoms with Gasteiger partial charge in [-0.25, -0.2) is 0 Å². The number of halogens is 3. The van der Waals surface area contributed by atoms with E-state index in [0.29, 0.717) is 19.5 Å². The molecule has 1 heterocycles. The first kappa shape index (κ1) is 15.2. The predicted molar refractivity (Wildman–Crippen MR) is 63.6 cm³/mol. The Labute approximate surface area is 105 Å². The zero-order chi connectivity index (χ0) is 13.6. The van der Waals surface area contributed by atoms with Gasteiger partial charge in [-0.1, -0.05) is 12.1 Å². The van der Waals surface area contributed by atoms with E-state index in [1.54, 1.807) is 7.05 Å². The maximum Gasteiger partial charge on any atom is 0.401 e. The lowest BCUT2D eigenvalue weighted by molar-refractivity contribution is -0.148. The summed E-state index contributed by atoms with van der Waals surface area (Å²) in [5.41, 5.74) is 0.917. The molecule has 7 heteroatoms. The Morgan fingerprint density at radius 1 is 1.50 bits per heavy atom. The van der Waals surface area contributed by atoms with E-state index in [9.17, 15) is 13.2 Å². The lowest BCUT2D eigenvalue weighted by Gasteiger charge is -2.25. The highest BCUT2D eigenvalue weighted by molar-refractivity contribution is 5.85. The fourth-order valence-electron chi connectivity index (χ4n) is 1.84. The molecule has 1 N–H and O–H groups in total. The average Bonchev–Trinajstić information content (AvgIpc) is 2.71. The van der Waals surface area contributed by atoms with Crippen molar-refractivity contribution in [3.63, 3.8) is 0 Å². The lowest BCUT2D eigenvalue weighted by Crippen LogP contribution is -2.42. The van der Waals surface area contributed by atoms with Crippen LogP contribution in [-0.2, 0) is 4.84 Å². The third-order valence-corrected chi connectivity index (χ3v) is 2.75. The highest BCUT2D eigenvalue weighted by atomic mass is 19.4. The molecule has 1 atom stereocenters. The first-order chi connectivity index (χ1) is 8.44. The number of likely N-dealkylation sites (N-methyl/N-ethyl adjacent to an activating group) is 1. The van der Waals surface area contributed by atoms with Gasteiger partial charge < -0.3 is 10.2 Å². The molecule has 0 radical (unpaired) electrons. The standard InChI is InChI=1S/C11H20F3N3O/c1-3-9-6-10(18-16-9)7-17(5-4-15-2)8-11(12,13)14/h10,15H,3-8H2,1-2H3. The average molecular weight is 267 g/mol. The third kappa shape index (κ3) is 5.68. The van der Waals surface area contributed by atoms with Crippen LogP contribution in [0.25, 0.3) is 0 Å². The summed E-state index contributed by atoms with van der Waals surface area (Å²) in [4.78, 5) is 6.50. The van der Waals surface area contributed by atoms with E-state index in [2.05, 4.69) is 10.5 Å². The Morgan fingerprint density at radius 3 is 2.72 bits per heavy atom. The number of hydrogen-bond donors (Lipinski definition) is 1. The van der Waals surface area contributed by atoms with Gasteiger partial charge in [0.2, 0.25) is 0 Å². The van der Waals surface area contributed by atoms with E-state index >= 15 is 0 Å². The number of oxime groups is 1. The van der Waals surface area contributed by atoms with Crippen molar-refractivity contribution in [1.29, 1.82) is 0 Å². The Kier molecular flexibility index (Phi) is 5.87. The number of rotatable bonds is 7. The molecule has 0 fully saturated rings. The zero-order valence-electron chi connectivity index (χ0n) is 10.8. The Morgan fingerprint density at radius 2 is 2.22 bits per heavy atom. The number of alkyl halides is 3. The van der Waals surface area contributed by atoms with Crippen molar-refractivity contribution in [1.82, 2.24) is 10.2 Å². The van der Waals surface area contributed by atoms with E-state index in [0.717, 1.165) is 12.1 Å². The SMILES string of the molecule is CCC1=NOC(CN(CCNC)CC(F)(F)F)C1. The molecule has 0 aromatic heterocycles. The van der Waals surface area contributed by atoms with Crippen molar-refractivity contribution in [2.75, 3.05) is 33.2 Å². The van der Waals surface area contributed by atoms with Gasteiger partial charge in [0.05, 0.1) is 12.3 Å². The Balaban J connectivity index is 2.41. The van der Waals surface area contributed by atoms with Crippen LogP contribution >= 0.6 is 0 Å². The number of nitrogens with one attached hydrogen (secondary N) is 1. The molecule has 0 aromatic rings. The van der Waals surface area contributed by atoms with Gasteiger partial charge in [0, 0.05) is 26.1 Å². The van der Waals surface area contributed by atoms with Crippen LogP contribution in [0.4, 0.5) is 13.2 Å². The van der Waals surface area contributed by atoms with Crippen LogP contribution in [0.1, 0.15) is 19.8 Å². The molecule has 0 aliphatic carbocycles. The van der Waals surface area contributed by atoms with Crippen LogP contribution in [0.3, 0.4) is 0 Å². The highest BCUT2D eigenvalue weighted by Crippen LogP contribution is 2.19. The smallest absolute Gasteiger partial charge is 0.391 e. The maximum absolute atomic E-state index is 12.4. The molecule has 0 saturated heterocycles. The minimum absolute atomic E-state index is 0.251. The molecule has 1 aliphatic rings. The molecule has 0 saturated carbocycles. The van der Waals surface area contributed by atoms with Crippen LogP contribution in [0.5, 0.6) is 0 Å². The minimum atomic E-state index is -4.18. The monoisotopic (exact) mass is 267 g/mol. The molecule has 0 amide bonds. The summed E-state index contributed by atoms with van der Waals surface area (Å²) in [5, 5.41) is 6.71. The van der Waals surface area contributed by atoms with Gasteiger partial charge in [-0.3, -0.25) is 4.90 Å². The zero-order valence-corrected chi connectivity index (χ0v) is 10.8. The summed E-state index contributed by atoms with van der Waals surface area (Å²) >= 11 is 0. The van der Waals surface area contributed by atoms with Gasteiger partial charge >= 0.3 is 6.18 Å². The van der Waals surface area contributed by atoms with Crippen LogP contribution < -0.4 is 5.32 Å². The highest BCUT2D eigenvalue weighted by Gasteiger charge is 2.32. The number of nitrogens with zero attached hydrogens (tertiary/aromatic N) is 2. The molecular weight excluding hydrogens is 247 g/mol. The van der Waals surface area contributed by atoms with Gasteiger partial charge in [-0.2, -0.15) is 13.2 Å². The van der Waals surface area contributed by atoms with Crippen molar-refractivity contribution >= 4 is 5.71 Å². The van der Waals surface area contributed by atoms with Crippen molar-refractivity contribution in [3.8, 4) is 0 Å². The Hall–Kier alpha value is -0.820. The van der Waals surface area contributed by atoms with E-state index in [1.807, 2.05) is 6.92 Å². The van der Waals surface area contributed by atoms with E-state index < -0.39 is 12.7 Å². The van der Waals surface area contributed by atoms with Gasteiger partial charge in [-0.05, 0) is 13.5 Å². The normalized spacial score (nSPS) is 20.1. The molecule has 1 aliphatic heterocycles. The summed E-state index contributed by atoms with van der Waals surface area (Å²) in [5.74, 6) is 0. The topological polar surface area (TPSA) is 36.9 Å². The largest absolute Gasteiger partial charge is 0.401 e. The Bertz CT molecular complexity index is 281. The summed E-state index contributed by atoms with van der Waals surface area (Å²) in [7, 11) is 1.72. The summed E-state index contributed by atoms with van der Waals surface area (Å²) in [6.07, 6.45) is -3.02. The molecule has 1 unspecified atom stereocenters. The molecule has 0 aromatic carbocycles. The van der Waals surface area contributed by atoms with E-state index in [-0.39, 0.29) is 12.6 Å². The summed E-state index contributed by atoms with van der Waals surface area (Å²) in [6.45, 7) is 2.17. The molecule has 0 spiro atoms. The second-order valence-electron chi connectivity index (χ2n) is 4.40. The van der Waals surface area contributed by atoms with Gasteiger partial charge in [-0.15, -0.1) is 0 Å². The predicted octanol–water partition coefficient (Wildman–Crippen LogP) is 1.62. The third-order valence-electron chi connectivity index (χ3n) is 2.75. The van der Waals surface area contributed by atoms with Crippen LogP contribution in [0.15, 0.2) is 5.16 Å². The lowest BCUT2D eigenvalue weighted by atomic mass is 10.1. The van der Waals surface area contributed by atoms with Crippen molar-refractivity contribution < 1.29 is 18.0 Å². The molecule has 4 nitrogen and oxygen atoms in total. The quantitative estimate of drug-likeness (QED) is 0.761. The first-order valence-electron chi connectivity index (χ1n) is 6.10. The second kappa shape index (κ2) is 6.94.